The molecule has 0 aromatic carbocycles. The maximum absolute atomic E-state index is 6.65. The Bertz CT molecular complexity index is 394. The predicted octanol–water partition coefficient (Wildman–Crippen LogP) is 2.66. The van der Waals surface area contributed by atoms with E-state index in [1.165, 1.54) is 37.7 Å². The van der Waals surface area contributed by atoms with Crippen LogP contribution in [0.4, 0.5) is 0 Å². The number of hydrogen-bond donors (Lipinski definition) is 1. The summed E-state index contributed by atoms with van der Waals surface area (Å²) in [4.78, 5) is 0. The lowest BCUT2D eigenvalue weighted by atomic mass is 9.72. The summed E-state index contributed by atoms with van der Waals surface area (Å²) >= 11 is 0. The summed E-state index contributed by atoms with van der Waals surface area (Å²) in [5.74, 6) is 1.86. The average Bonchev–Trinajstić information content (AvgIpc) is 3.06. The molecule has 2 N–H and O–H groups in total. The summed E-state index contributed by atoms with van der Waals surface area (Å²) < 4.78 is 1.99. The molecule has 2 saturated carbocycles. The minimum absolute atomic E-state index is 0.0983. The van der Waals surface area contributed by atoms with Crippen LogP contribution in [0.2, 0.25) is 0 Å². The van der Waals surface area contributed by atoms with Gasteiger partial charge in [-0.3, -0.25) is 4.68 Å². The van der Waals surface area contributed by atoms with Crippen LogP contribution in [0.15, 0.2) is 12.4 Å². The van der Waals surface area contributed by atoms with Crippen LogP contribution in [-0.2, 0) is 12.1 Å². The molecule has 1 aromatic heterocycles. The Labute approximate surface area is 103 Å². The predicted molar refractivity (Wildman–Crippen MR) is 68.4 cm³/mol. The Hall–Kier alpha value is -0.830. The van der Waals surface area contributed by atoms with E-state index in [2.05, 4.69) is 18.2 Å². The van der Waals surface area contributed by atoms with Gasteiger partial charge in [0.1, 0.15) is 0 Å². The van der Waals surface area contributed by atoms with Gasteiger partial charge < -0.3 is 5.73 Å². The van der Waals surface area contributed by atoms with Crippen molar-refractivity contribution >= 4 is 0 Å². The molecule has 0 amide bonds. The van der Waals surface area contributed by atoms with Gasteiger partial charge in [-0.15, -0.1) is 0 Å². The number of hydrogen-bond acceptors (Lipinski definition) is 2. The molecule has 0 radical (unpaired) electrons. The van der Waals surface area contributed by atoms with Gasteiger partial charge in [0.2, 0.25) is 0 Å². The highest BCUT2D eigenvalue weighted by atomic mass is 15.3. The number of nitrogens with two attached hydrogens (primary N) is 1. The van der Waals surface area contributed by atoms with Crippen LogP contribution in [0, 0.1) is 11.8 Å². The van der Waals surface area contributed by atoms with Crippen molar-refractivity contribution in [3.05, 3.63) is 18.0 Å². The van der Waals surface area contributed by atoms with Crippen molar-refractivity contribution in [2.45, 2.75) is 57.5 Å². The van der Waals surface area contributed by atoms with Crippen molar-refractivity contribution in [2.75, 3.05) is 0 Å². The zero-order chi connectivity index (χ0) is 11.9. The molecule has 3 heteroatoms. The van der Waals surface area contributed by atoms with E-state index in [0.29, 0.717) is 0 Å². The fourth-order valence-electron chi connectivity index (χ4n) is 3.38. The average molecular weight is 233 g/mol. The molecule has 0 spiro atoms. The van der Waals surface area contributed by atoms with Crippen molar-refractivity contribution in [3.8, 4) is 0 Å². The van der Waals surface area contributed by atoms with Gasteiger partial charge in [-0.05, 0) is 44.4 Å². The van der Waals surface area contributed by atoms with Gasteiger partial charge in [0.05, 0.1) is 6.20 Å². The molecule has 0 aliphatic heterocycles. The number of aromatic nitrogens is 2. The van der Waals surface area contributed by atoms with E-state index in [-0.39, 0.29) is 5.54 Å². The highest BCUT2D eigenvalue weighted by Gasteiger charge is 2.41. The van der Waals surface area contributed by atoms with Gasteiger partial charge in [0, 0.05) is 23.8 Å². The van der Waals surface area contributed by atoms with E-state index in [1.54, 1.807) is 0 Å². The lowest BCUT2D eigenvalue weighted by Gasteiger charge is -2.37. The molecule has 2 unspecified atom stereocenters. The van der Waals surface area contributed by atoms with E-state index in [1.807, 2.05) is 10.9 Å². The minimum Gasteiger partial charge on any atom is -0.321 e. The quantitative estimate of drug-likeness (QED) is 0.872. The second-order valence-corrected chi connectivity index (χ2v) is 5.93. The van der Waals surface area contributed by atoms with Gasteiger partial charge in [-0.2, -0.15) is 5.10 Å². The van der Waals surface area contributed by atoms with Crippen molar-refractivity contribution < 1.29 is 0 Å². The smallest absolute Gasteiger partial charge is 0.0540 e. The molecule has 2 atom stereocenters. The second-order valence-electron chi connectivity index (χ2n) is 5.93. The largest absolute Gasteiger partial charge is 0.321 e. The van der Waals surface area contributed by atoms with Crippen LogP contribution in [0.1, 0.15) is 51.0 Å². The molecule has 3 nitrogen and oxygen atoms in total. The Morgan fingerprint density at radius 3 is 2.88 bits per heavy atom. The third-order valence-corrected chi connectivity index (χ3v) is 4.65. The van der Waals surface area contributed by atoms with Gasteiger partial charge in [-0.1, -0.05) is 12.8 Å². The van der Waals surface area contributed by atoms with E-state index >= 15 is 0 Å². The molecule has 2 aliphatic carbocycles. The van der Waals surface area contributed by atoms with Crippen LogP contribution in [0.25, 0.3) is 0 Å². The Kier molecular flexibility index (Phi) is 2.74. The third kappa shape index (κ3) is 2.13. The molecule has 0 bridgehead atoms. The summed E-state index contributed by atoms with van der Waals surface area (Å²) in [6, 6.07) is 0. The van der Waals surface area contributed by atoms with Gasteiger partial charge in [0.15, 0.2) is 0 Å². The topological polar surface area (TPSA) is 43.8 Å². The number of rotatable bonds is 3. The molecule has 0 saturated heterocycles. The molecular weight excluding hydrogens is 210 g/mol. The molecule has 17 heavy (non-hydrogen) atoms. The zero-order valence-corrected chi connectivity index (χ0v) is 10.7. The van der Waals surface area contributed by atoms with Crippen molar-refractivity contribution in [1.29, 1.82) is 0 Å². The number of aryl methyl sites for hydroxylation is 1. The summed E-state index contributed by atoms with van der Waals surface area (Å²) in [7, 11) is 0. The van der Waals surface area contributed by atoms with E-state index in [0.717, 1.165) is 24.8 Å². The summed E-state index contributed by atoms with van der Waals surface area (Å²) in [6.45, 7) is 3.05. The van der Waals surface area contributed by atoms with Crippen LogP contribution in [0.5, 0.6) is 0 Å². The normalized spacial score (nSPS) is 33.9. The van der Waals surface area contributed by atoms with E-state index < -0.39 is 0 Å². The second kappa shape index (κ2) is 4.13. The summed E-state index contributed by atoms with van der Waals surface area (Å²) in [6.07, 6.45) is 12.0. The molecule has 1 heterocycles. The first-order valence-electron chi connectivity index (χ1n) is 7.03. The summed E-state index contributed by atoms with van der Waals surface area (Å²) in [5, 5.41) is 4.38. The Morgan fingerprint density at radius 2 is 2.24 bits per heavy atom. The first-order chi connectivity index (χ1) is 8.21. The minimum atomic E-state index is -0.0983. The monoisotopic (exact) mass is 233 g/mol. The molecule has 94 valence electrons. The van der Waals surface area contributed by atoms with E-state index in [4.69, 9.17) is 5.73 Å². The van der Waals surface area contributed by atoms with Gasteiger partial charge in [-0.25, -0.2) is 0 Å². The van der Waals surface area contributed by atoms with Crippen LogP contribution >= 0.6 is 0 Å². The molecule has 2 fully saturated rings. The highest BCUT2D eigenvalue weighted by molar-refractivity contribution is 5.19. The highest BCUT2D eigenvalue weighted by Crippen LogP contribution is 2.48. The third-order valence-electron chi connectivity index (χ3n) is 4.65. The van der Waals surface area contributed by atoms with Gasteiger partial charge in [0.25, 0.3) is 0 Å². The maximum Gasteiger partial charge on any atom is 0.0540 e. The number of nitrogens with zero attached hydrogens (tertiary/aromatic N) is 2. The van der Waals surface area contributed by atoms with Crippen LogP contribution < -0.4 is 5.73 Å². The first kappa shape index (κ1) is 11.3. The van der Waals surface area contributed by atoms with Crippen LogP contribution in [0.3, 0.4) is 0 Å². The molecule has 2 aliphatic rings. The van der Waals surface area contributed by atoms with Crippen molar-refractivity contribution in [1.82, 2.24) is 9.78 Å². The van der Waals surface area contributed by atoms with Crippen LogP contribution in [-0.4, -0.2) is 9.78 Å². The standard InChI is InChI=1S/C14H23N3/c1-2-17-10-13(9-16-17)14(15)7-3-4-12(8-14)11-5-6-11/h9-12H,2-8,15H2,1H3. The lowest BCUT2D eigenvalue weighted by Crippen LogP contribution is -2.41. The fourth-order valence-corrected chi connectivity index (χ4v) is 3.38. The van der Waals surface area contributed by atoms with Crippen molar-refractivity contribution in [2.24, 2.45) is 17.6 Å². The molecule has 3 rings (SSSR count). The lowest BCUT2D eigenvalue weighted by molar-refractivity contribution is 0.206. The Balaban J connectivity index is 1.78. The zero-order valence-electron chi connectivity index (χ0n) is 10.7. The SMILES string of the molecule is CCn1cc(C2(N)CCCC(C3CC3)C2)cn1. The van der Waals surface area contributed by atoms with E-state index in [9.17, 15) is 0 Å². The maximum atomic E-state index is 6.65. The van der Waals surface area contributed by atoms with Gasteiger partial charge >= 0.3 is 0 Å². The fraction of sp³-hybridized carbons (Fsp3) is 0.786. The first-order valence-corrected chi connectivity index (χ1v) is 7.03. The summed E-state index contributed by atoms with van der Waals surface area (Å²) in [5.41, 5.74) is 7.81. The van der Waals surface area contributed by atoms with Crippen molar-refractivity contribution in [3.63, 3.8) is 0 Å². The molecular formula is C14H23N3. The Morgan fingerprint density at radius 1 is 1.41 bits per heavy atom. The molecule has 1 aromatic rings.